The lowest BCUT2D eigenvalue weighted by Crippen LogP contribution is -2.57. The molecule has 6 fully saturated rings. The molecule has 6 rings (SSSR count). The minimum atomic E-state index is -0.765. The second-order valence-electron chi connectivity index (χ2n) is 15.5. The summed E-state index contributed by atoms with van der Waals surface area (Å²) in [4.78, 5) is 0. The van der Waals surface area contributed by atoms with Crippen LogP contribution in [-0.2, 0) is 4.74 Å². The number of hydrogen-bond donors (Lipinski definition) is 2. The first-order chi connectivity index (χ1) is 15.2. The van der Waals surface area contributed by atoms with Gasteiger partial charge in [0.25, 0.3) is 0 Å². The normalized spacial score (nSPS) is 59.4. The molecule has 3 heteroatoms. The molecule has 5 aliphatic carbocycles. The highest BCUT2D eigenvalue weighted by Crippen LogP contribution is 2.89. The monoisotopic (exact) mass is 458 g/mol. The fraction of sp³-hybridized carbons (Fsp3) is 1.00. The second kappa shape index (κ2) is 6.60. The van der Waals surface area contributed by atoms with Gasteiger partial charge in [0.15, 0.2) is 0 Å². The van der Waals surface area contributed by atoms with E-state index in [1.165, 1.54) is 51.4 Å². The average Bonchev–Trinajstić information content (AvgIpc) is 3.35. The third-order valence-corrected chi connectivity index (χ3v) is 13.7. The van der Waals surface area contributed by atoms with Crippen LogP contribution in [0.5, 0.6) is 0 Å². The fourth-order valence-corrected chi connectivity index (χ4v) is 11.9. The van der Waals surface area contributed by atoms with E-state index in [1.807, 2.05) is 13.8 Å². The highest BCUT2D eigenvalue weighted by Gasteiger charge is 2.83. The number of aliphatic hydroxyl groups excluding tert-OH is 1. The summed E-state index contributed by atoms with van der Waals surface area (Å²) in [6.45, 7) is 16.4. The Balaban J connectivity index is 1.36. The standard InChI is InChI=1S/C30H50O3/c1-18-8-11-23(26(4,5)32)33-19-16-28(7)21-10-9-20-25(2,3)22(31)12-13-29(20)17-30(21,29)15-14-27(28,6)24(18)19/h18-24,31-32H,8-17H2,1-7H3/t18?,19?,20-,21-,22-,23+,24?,27+,28-,29+,30-/m0/s1. The van der Waals surface area contributed by atoms with Crippen molar-refractivity contribution in [2.45, 2.75) is 137 Å². The maximum atomic E-state index is 10.9. The number of rotatable bonds is 1. The summed E-state index contributed by atoms with van der Waals surface area (Å²) in [5, 5.41) is 21.7. The van der Waals surface area contributed by atoms with E-state index in [2.05, 4.69) is 34.6 Å². The van der Waals surface area contributed by atoms with Gasteiger partial charge in [-0.2, -0.15) is 0 Å². The molecule has 2 N–H and O–H groups in total. The van der Waals surface area contributed by atoms with E-state index in [0.717, 1.165) is 18.8 Å². The van der Waals surface area contributed by atoms with Crippen LogP contribution in [-0.4, -0.2) is 34.1 Å². The molecule has 5 saturated carbocycles. The summed E-state index contributed by atoms with van der Waals surface area (Å²) in [5.41, 5.74) is 0.971. The molecule has 11 atom stereocenters. The van der Waals surface area contributed by atoms with Gasteiger partial charge in [-0.25, -0.2) is 0 Å². The predicted molar refractivity (Wildman–Crippen MR) is 132 cm³/mol. The van der Waals surface area contributed by atoms with Crippen LogP contribution in [0.3, 0.4) is 0 Å². The molecule has 1 heterocycles. The summed E-state index contributed by atoms with van der Waals surface area (Å²) in [6, 6.07) is 0. The third-order valence-electron chi connectivity index (χ3n) is 13.7. The highest BCUT2D eigenvalue weighted by atomic mass is 16.5. The molecule has 1 saturated heterocycles. The average molecular weight is 459 g/mol. The maximum Gasteiger partial charge on any atom is 0.0860 e. The van der Waals surface area contributed by atoms with Gasteiger partial charge in [-0.1, -0.05) is 34.6 Å². The van der Waals surface area contributed by atoms with Crippen molar-refractivity contribution >= 4 is 0 Å². The van der Waals surface area contributed by atoms with Crippen LogP contribution in [0.4, 0.5) is 0 Å². The molecule has 188 valence electrons. The lowest BCUT2D eigenvalue weighted by molar-refractivity contribution is -0.161. The van der Waals surface area contributed by atoms with Gasteiger partial charge < -0.3 is 14.9 Å². The molecule has 3 nitrogen and oxygen atoms in total. The van der Waals surface area contributed by atoms with E-state index >= 15 is 0 Å². The van der Waals surface area contributed by atoms with E-state index in [-0.39, 0.29) is 17.6 Å². The van der Waals surface area contributed by atoms with Crippen molar-refractivity contribution in [2.75, 3.05) is 0 Å². The highest BCUT2D eigenvalue weighted by molar-refractivity contribution is 5.31. The smallest absolute Gasteiger partial charge is 0.0860 e. The largest absolute Gasteiger partial charge is 0.393 e. The van der Waals surface area contributed by atoms with Gasteiger partial charge in [-0.15, -0.1) is 0 Å². The number of fused-ring (bicyclic) bond motifs is 4. The van der Waals surface area contributed by atoms with Gasteiger partial charge in [-0.05, 0) is 129 Å². The van der Waals surface area contributed by atoms with Crippen molar-refractivity contribution < 1.29 is 14.9 Å². The summed E-state index contributed by atoms with van der Waals surface area (Å²) >= 11 is 0. The van der Waals surface area contributed by atoms with Crippen molar-refractivity contribution in [3.05, 3.63) is 0 Å². The second-order valence-corrected chi connectivity index (χ2v) is 15.5. The quantitative estimate of drug-likeness (QED) is 0.481. The van der Waals surface area contributed by atoms with Crippen LogP contribution in [0.25, 0.3) is 0 Å². The summed E-state index contributed by atoms with van der Waals surface area (Å²) in [5.74, 6) is 2.77. The first-order valence-corrected chi connectivity index (χ1v) is 14.3. The number of hydrogen-bond acceptors (Lipinski definition) is 3. The number of aliphatic hydroxyl groups is 2. The van der Waals surface area contributed by atoms with Crippen molar-refractivity contribution in [2.24, 2.45) is 50.7 Å². The summed E-state index contributed by atoms with van der Waals surface area (Å²) in [7, 11) is 0. The SMILES string of the molecule is CC1CC[C@H](C(C)(C)O)OC2C[C@@]3(C)[C@@H]4CC[C@H]5C(C)(C)[C@@H](O)CC[C@@]56C[C@@]46CC[C@]3(C)C12. The minimum Gasteiger partial charge on any atom is -0.393 e. The Bertz CT molecular complexity index is 829. The van der Waals surface area contributed by atoms with Crippen LogP contribution in [0.1, 0.15) is 113 Å². The number of ether oxygens (including phenoxy) is 1. The molecular formula is C30H50O3. The molecule has 0 aromatic heterocycles. The Labute approximate surface area is 202 Å². The zero-order valence-corrected chi connectivity index (χ0v) is 22.4. The molecule has 0 amide bonds. The van der Waals surface area contributed by atoms with Gasteiger partial charge in [-0.3, -0.25) is 0 Å². The van der Waals surface area contributed by atoms with Crippen molar-refractivity contribution in [1.29, 1.82) is 0 Å². The molecule has 6 aliphatic rings. The lowest BCUT2D eigenvalue weighted by Gasteiger charge is -2.63. The lowest BCUT2D eigenvalue weighted by atomic mass is 9.41. The molecule has 0 aromatic rings. The zero-order valence-electron chi connectivity index (χ0n) is 22.4. The molecule has 0 radical (unpaired) electrons. The van der Waals surface area contributed by atoms with Gasteiger partial charge in [0.05, 0.1) is 23.9 Å². The first-order valence-electron chi connectivity index (χ1n) is 14.3. The van der Waals surface area contributed by atoms with Gasteiger partial charge in [0, 0.05) is 0 Å². The Kier molecular flexibility index (Phi) is 4.66. The van der Waals surface area contributed by atoms with E-state index in [0.29, 0.717) is 45.5 Å². The van der Waals surface area contributed by atoms with Crippen molar-refractivity contribution in [3.63, 3.8) is 0 Å². The molecule has 3 unspecified atom stereocenters. The molecule has 33 heavy (non-hydrogen) atoms. The molecule has 2 spiro atoms. The summed E-state index contributed by atoms with van der Waals surface area (Å²) < 4.78 is 6.89. The van der Waals surface area contributed by atoms with Crippen LogP contribution in [0.2, 0.25) is 0 Å². The maximum absolute atomic E-state index is 10.9. The van der Waals surface area contributed by atoms with Crippen molar-refractivity contribution in [1.82, 2.24) is 0 Å². The Hall–Kier alpha value is -0.120. The Morgan fingerprint density at radius 1 is 0.818 bits per heavy atom. The fourth-order valence-electron chi connectivity index (χ4n) is 11.9. The van der Waals surface area contributed by atoms with Crippen molar-refractivity contribution in [3.8, 4) is 0 Å². The minimum absolute atomic E-state index is 0.0418. The topological polar surface area (TPSA) is 49.7 Å². The Morgan fingerprint density at radius 2 is 1.48 bits per heavy atom. The van der Waals surface area contributed by atoms with Crippen LogP contribution >= 0.6 is 0 Å². The van der Waals surface area contributed by atoms with E-state index in [1.54, 1.807) is 0 Å². The molecule has 0 aromatic carbocycles. The van der Waals surface area contributed by atoms with Gasteiger partial charge >= 0.3 is 0 Å². The van der Waals surface area contributed by atoms with E-state index in [9.17, 15) is 10.2 Å². The Morgan fingerprint density at radius 3 is 2.18 bits per heavy atom. The van der Waals surface area contributed by atoms with Crippen LogP contribution in [0, 0.1) is 50.7 Å². The zero-order chi connectivity index (χ0) is 23.8. The first kappa shape index (κ1) is 23.3. The van der Waals surface area contributed by atoms with Gasteiger partial charge in [0.1, 0.15) is 0 Å². The van der Waals surface area contributed by atoms with Gasteiger partial charge in [0.2, 0.25) is 0 Å². The van der Waals surface area contributed by atoms with E-state index in [4.69, 9.17) is 4.74 Å². The van der Waals surface area contributed by atoms with Crippen LogP contribution < -0.4 is 0 Å². The molecular weight excluding hydrogens is 408 g/mol. The van der Waals surface area contributed by atoms with E-state index < -0.39 is 5.60 Å². The molecule has 0 bridgehead atoms. The molecule has 1 aliphatic heterocycles. The predicted octanol–water partition coefficient (Wildman–Crippen LogP) is 6.35. The summed E-state index contributed by atoms with van der Waals surface area (Å²) in [6.07, 6.45) is 12.6. The third kappa shape index (κ3) is 2.64. The van der Waals surface area contributed by atoms with Crippen LogP contribution in [0.15, 0.2) is 0 Å².